The number of carbonyl (C=O) groups is 1. The average Bonchev–Trinajstić information content (AvgIpc) is 2.35. The summed E-state index contributed by atoms with van der Waals surface area (Å²) in [7, 11) is 3.74. The van der Waals surface area contributed by atoms with Crippen LogP contribution in [0.15, 0.2) is 12.1 Å². The second-order valence-electron chi connectivity index (χ2n) is 3.16. The van der Waals surface area contributed by atoms with Crippen molar-refractivity contribution < 1.29 is 28.5 Å². The highest BCUT2D eigenvalue weighted by atomic mass is 19.1. The van der Waals surface area contributed by atoms with E-state index in [9.17, 15) is 14.3 Å². The third-order valence-corrected chi connectivity index (χ3v) is 2.20. The third kappa shape index (κ3) is 2.65. The van der Waals surface area contributed by atoms with Crippen molar-refractivity contribution >= 4 is 5.97 Å². The lowest BCUT2D eigenvalue weighted by Crippen LogP contribution is -2.14. The van der Waals surface area contributed by atoms with Crippen LogP contribution in [0.25, 0.3) is 0 Å². The molecule has 0 aliphatic heterocycles. The normalized spacial score (nSPS) is 11.8. The van der Waals surface area contributed by atoms with Crippen LogP contribution in [0.3, 0.4) is 0 Å². The maximum absolute atomic E-state index is 13.6. The van der Waals surface area contributed by atoms with E-state index in [1.807, 2.05) is 0 Å². The number of aliphatic hydroxyl groups excluding tert-OH is 1. The minimum atomic E-state index is -1.56. The quantitative estimate of drug-likeness (QED) is 0.802. The van der Waals surface area contributed by atoms with E-state index < -0.39 is 17.9 Å². The minimum absolute atomic E-state index is 0.0343. The molecule has 1 aromatic rings. The molecule has 17 heavy (non-hydrogen) atoms. The summed E-state index contributed by atoms with van der Waals surface area (Å²) in [6, 6.07) is 2.30. The van der Waals surface area contributed by atoms with Crippen LogP contribution in [-0.4, -0.2) is 32.4 Å². The molecule has 0 spiro atoms. The first-order valence-corrected chi connectivity index (χ1v) is 4.72. The number of halogens is 1. The molecule has 0 radical (unpaired) electrons. The zero-order chi connectivity index (χ0) is 13.0. The van der Waals surface area contributed by atoms with Crippen molar-refractivity contribution in [1.82, 2.24) is 0 Å². The van der Waals surface area contributed by atoms with Gasteiger partial charge < -0.3 is 19.3 Å². The Balaban J connectivity index is 3.19. The van der Waals surface area contributed by atoms with E-state index in [4.69, 9.17) is 9.47 Å². The van der Waals surface area contributed by atoms with Crippen molar-refractivity contribution in [1.29, 1.82) is 0 Å². The van der Waals surface area contributed by atoms with Gasteiger partial charge in [0.1, 0.15) is 0 Å². The smallest absolute Gasteiger partial charge is 0.339 e. The molecule has 1 unspecified atom stereocenters. The van der Waals surface area contributed by atoms with Gasteiger partial charge in [0.15, 0.2) is 23.4 Å². The molecule has 0 bridgehead atoms. The maximum Gasteiger partial charge on any atom is 0.339 e. The molecule has 0 saturated heterocycles. The van der Waals surface area contributed by atoms with Crippen molar-refractivity contribution in [3.8, 4) is 11.5 Å². The Kier molecular flexibility index (Phi) is 4.28. The van der Waals surface area contributed by atoms with Crippen LogP contribution in [0.2, 0.25) is 0 Å². The molecular weight excluding hydrogens is 231 g/mol. The van der Waals surface area contributed by atoms with E-state index in [1.54, 1.807) is 0 Å². The number of esters is 1. The fourth-order valence-electron chi connectivity index (χ4n) is 1.34. The molecule has 0 heterocycles. The molecule has 1 aromatic carbocycles. The van der Waals surface area contributed by atoms with Crippen LogP contribution < -0.4 is 9.47 Å². The van der Waals surface area contributed by atoms with E-state index in [-0.39, 0.29) is 17.1 Å². The first-order chi connectivity index (χ1) is 8.04. The molecule has 0 aromatic heterocycles. The second kappa shape index (κ2) is 5.49. The van der Waals surface area contributed by atoms with Crippen molar-refractivity contribution in [2.24, 2.45) is 0 Å². The SMILES string of the molecule is COC(=O)C(O)c1cc(F)c(OC)c(OC)c1. The van der Waals surface area contributed by atoms with Gasteiger partial charge in [-0.2, -0.15) is 0 Å². The number of ether oxygens (including phenoxy) is 3. The highest BCUT2D eigenvalue weighted by Gasteiger charge is 2.22. The Hall–Kier alpha value is -1.82. The molecule has 5 nitrogen and oxygen atoms in total. The number of carbonyl (C=O) groups excluding carboxylic acids is 1. The van der Waals surface area contributed by atoms with Gasteiger partial charge in [-0.1, -0.05) is 0 Å². The Bertz CT molecular complexity index is 419. The summed E-state index contributed by atoms with van der Waals surface area (Å²) in [6.07, 6.45) is -1.56. The minimum Gasteiger partial charge on any atom is -0.493 e. The molecule has 0 fully saturated rings. The highest BCUT2D eigenvalue weighted by molar-refractivity contribution is 5.76. The lowest BCUT2D eigenvalue weighted by Gasteiger charge is -2.13. The van der Waals surface area contributed by atoms with Crippen molar-refractivity contribution in [2.45, 2.75) is 6.10 Å². The Morgan fingerprint density at radius 3 is 2.41 bits per heavy atom. The summed E-state index contributed by atoms with van der Waals surface area (Å²) in [5, 5.41) is 9.56. The first-order valence-electron chi connectivity index (χ1n) is 4.72. The molecular formula is C11H13FO5. The van der Waals surface area contributed by atoms with E-state index >= 15 is 0 Å². The molecule has 1 rings (SSSR count). The van der Waals surface area contributed by atoms with Gasteiger partial charge in [-0.15, -0.1) is 0 Å². The van der Waals surface area contributed by atoms with Crippen LogP contribution in [0.1, 0.15) is 11.7 Å². The van der Waals surface area contributed by atoms with Crippen molar-refractivity contribution in [3.05, 3.63) is 23.5 Å². The number of aliphatic hydroxyl groups is 1. The number of hydrogen-bond acceptors (Lipinski definition) is 5. The summed E-state index contributed by atoms with van der Waals surface area (Å²) in [4.78, 5) is 11.1. The molecule has 0 aliphatic rings. The maximum atomic E-state index is 13.6. The molecule has 0 aliphatic carbocycles. The molecule has 0 amide bonds. The van der Waals surface area contributed by atoms with Gasteiger partial charge in [0.2, 0.25) is 0 Å². The summed E-state index contributed by atoms with van der Waals surface area (Å²) in [6.45, 7) is 0. The lowest BCUT2D eigenvalue weighted by molar-refractivity contribution is -0.150. The standard InChI is InChI=1S/C11H13FO5/c1-15-8-5-6(9(13)11(14)17-3)4-7(12)10(8)16-2/h4-5,9,13H,1-3H3. The summed E-state index contributed by atoms with van der Waals surface area (Å²) in [5.41, 5.74) is 0.0343. The van der Waals surface area contributed by atoms with Crippen LogP contribution in [0.4, 0.5) is 4.39 Å². The molecule has 0 saturated carbocycles. The second-order valence-corrected chi connectivity index (χ2v) is 3.16. The van der Waals surface area contributed by atoms with Crippen LogP contribution >= 0.6 is 0 Å². The third-order valence-electron chi connectivity index (χ3n) is 2.20. The van der Waals surface area contributed by atoms with Gasteiger partial charge in [-0.3, -0.25) is 0 Å². The van der Waals surface area contributed by atoms with Gasteiger partial charge in [0.25, 0.3) is 0 Å². The van der Waals surface area contributed by atoms with E-state index in [2.05, 4.69) is 4.74 Å². The average molecular weight is 244 g/mol. The van der Waals surface area contributed by atoms with Gasteiger partial charge >= 0.3 is 5.97 Å². The van der Waals surface area contributed by atoms with Crippen LogP contribution in [0.5, 0.6) is 11.5 Å². The number of benzene rings is 1. The Labute approximate surface area is 97.7 Å². The van der Waals surface area contributed by atoms with Gasteiger partial charge in [-0.25, -0.2) is 9.18 Å². The highest BCUT2D eigenvalue weighted by Crippen LogP contribution is 2.33. The van der Waals surface area contributed by atoms with E-state index in [0.717, 1.165) is 13.2 Å². The van der Waals surface area contributed by atoms with E-state index in [0.29, 0.717) is 0 Å². The fraction of sp³-hybridized carbons (Fsp3) is 0.364. The van der Waals surface area contributed by atoms with Gasteiger partial charge in [-0.05, 0) is 17.7 Å². The number of rotatable bonds is 4. The molecule has 1 atom stereocenters. The van der Waals surface area contributed by atoms with Crippen LogP contribution in [0, 0.1) is 5.82 Å². The van der Waals surface area contributed by atoms with E-state index in [1.165, 1.54) is 20.3 Å². The Morgan fingerprint density at radius 1 is 1.29 bits per heavy atom. The van der Waals surface area contributed by atoms with Gasteiger partial charge in [0.05, 0.1) is 21.3 Å². The van der Waals surface area contributed by atoms with Crippen molar-refractivity contribution in [2.75, 3.05) is 21.3 Å². The monoisotopic (exact) mass is 244 g/mol. The predicted molar refractivity (Wildman–Crippen MR) is 56.5 cm³/mol. The Morgan fingerprint density at radius 2 is 1.94 bits per heavy atom. The largest absolute Gasteiger partial charge is 0.493 e. The van der Waals surface area contributed by atoms with Crippen LogP contribution in [-0.2, 0) is 9.53 Å². The van der Waals surface area contributed by atoms with Crippen molar-refractivity contribution in [3.63, 3.8) is 0 Å². The zero-order valence-electron chi connectivity index (χ0n) is 9.69. The van der Waals surface area contributed by atoms with Gasteiger partial charge in [0, 0.05) is 0 Å². The lowest BCUT2D eigenvalue weighted by atomic mass is 10.1. The summed E-state index contributed by atoms with van der Waals surface area (Å²) >= 11 is 0. The zero-order valence-corrected chi connectivity index (χ0v) is 9.69. The molecule has 94 valence electrons. The summed E-state index contributed by atoms with van der Waals surface area (Å²) in [5.74, 6) is -1.61. The summed E-state index contributed by atoms with van der Waals surface area (Å²) < 4.78 is 27.6. The first kappa shape index (κ1) is 13.2. The fourth-order valence-corrected chi connectivity index (χ4v) is 1.34. The topological polar surface area (TPSA) is 65.0 Å². The molecule has 1 N–H and O–H groups in total. The number of hydrogen-bond donors (Lipinski definition) is 1. The molecule has 6 heteroatoms. The number of methoxy groups -OCH3 is 3. The predicted octanol–water partition coefficient (Wildman–Crippen LogP) is 1.05.